The van der Waals surface area contributed by atoms with Crippen molar-refractivity contribution in [3.63, 3.8) is 0 Å². The highest BCUT2D eigenvalue weighted by Crippen LogP contribution is 2.29. The van der Waals surface area contributed by atoms with E-state index in [1.807, 2.05) is 0 Å². The minimum Gasteiger partial charge on any atom is -0.376 e. The summed E-state index contributed by atoms with van der Waals surface area (Å²) >= 11 is 0. The molecule has 92 valence electrons. The molecule has 0 aliphatic carbocycles. The van der Waals surface area contributed by atoms with Gasteiger partial charge >= 0.3 is 0 Å². The molecule has 0 N–H and O–H groups in total. The molecule has 0 saturated carbocycles. The van der Waals surface area contributed by atoms with Gasteiger partial charge in [0.25, 0.3) is 0 Å². The Morgan fingerprint density at radius 2 is 2.06 bits per heavy atom. The Morgan fingerprint density at radius 3 is 2.82 bits per heavy atom. The van der Waals surface area contributed by atoms with Gasteiger partial charge in [0, 0.05) is 19.6 Å². The molecule has 3 heteroatoms. The summed E-state index contributed by atoms with van der Waals surface area (Å²) in [5, 5.41) is 0. The van der Waals surface area contributed by atoms with E-state index in [1.165, 1.54) is 5.56 Å². The van der Waals surface area contributed by atoms with Crippen molar-refractivity contribution in [3.8, 4) is 0 Å². The van der Waals surface area contributed by atoms with E-state index in [0.717, 1.165) is 45.9 Å². The van der Waals surface area contributed by atoms with Crippen molar-refractivity contribution in [2.75, 3.05) is 32.9 Å². The van der Waals surface area contributed by atoms with Crippen LogP contribution in [0.3, 0.4) is 0 Å². The third kappa shape index (κ3) is 2.51. The van der Waals surface area contributed by atoms with Gasteiger partial charge in [-0.25, -0.2) is 0 Å². The largest absolute Gasteiger partial charge is 0.376 e. The van der Waals surface area contributed by atoms with E-state index in [2.05, 4.69) is 35.2 Å². The zero-order chi connectivity index (χ0) is 11.6. The normalized spacial score (nSPS) is 29.9. The van der Waals surface area contributed by atoms with Crippen molar-refractivity contribution in [2.45, 2.75) is 18.6 Å². The third-order valence-corrected chi connectivity index (χ3v) is 3.65. The third-order valence-electron chi connectivity index (χ3n) is 3.65. The van der Waals surface area contributed by atoms with E-state index in [0.29, 0.717) is 0 Å². The van der Waals surface area contributed by atoms with Gasteiger partial charge in [-0.05, 0) is 12.0 Å². The maximum absolute atomic E-state index is 5.93. The van der Waals surface area contributed by atoms with Gasteiger partial charge in [0.05, 0.1) is 19.8 Å². The number of likely N-dealkylation sites (tertiary alicyclic amines) is 1. The number of ether oxygens (including phenoxy) is 2. The first kappa shape index (κ1) is 11.2. The zero-order valence-corrected chi connectivity index (χ0v) is 10.1. The van der Waals surface area contributed by atoms with Crippen LogP contribution in [-0.4, -0.2) is 43.4 Å². The number of hydrogen-bond donors (Lipinski definition) is 0. The van der Waals surface area contributed by atoms with Gasteiger partial charge in [-0.2, -0.15) is 0 Å². The van der Waals surface area contributed by atoms with Crippen LogP contribution in [0.5, 0.6) is 0 Å². The second-order valence-corrected chi connectivity index (χ2v) is 5.03. The van der Waals surface area contributed by atoms with Gasteiger partial charge in [0.1, 0.15) is 5.60 Å². The molecule has 1 atom stereocenters. The Balaban J connectivity index is 1.60. The predicted octanol–water partition coefficient (Wildman–Crippen LogP) is 1.68. The fraction of sp³-hybridized carbons (Fsp3) is 0.571. The summed E-state index contributed by atoms with van der Waals surface area (Å²) in [5.41, 5.74) is 1.36. The van der Waals surface area contributed by atoms with Crippen molar-refractivity contribution in [3.05, 3.63) is 35.9 Å². The van der Waals surface area contributed by atoms with Crippen molar-refractivity contribution in [1.82, 2.24) is 4.90 Å². The summed E-state index contributed by atoms with van der Waals surface area (Å²) in [6.45, 7) is 5.39. The summed E-state index contributed by atoms with van der Waals surface area (Å²) in [6, 6.07) is 10.6. The van der Waals surface area contributed by atoms with E-state index in [1.54, 1.807) is 0 Å². The van der Waals surface area contributed by atoms with Crippen LogP contribution >= 0.6 is 0 Å². The zero-order valence-electron chi connectivity index (χ0n) is 10.1. The van der Waals surface area contributed by atoms with E-state index in [-0.39, 0.29) is 5.60 Å². The molecular weight excluding hydrogens is 214 g/mol. The van der Waals surface area contributed by atoms with Gasteiger partial charge in [-0.15, -0.1) is 0 Å². The standard InChI is InChI=1S/C14H19NO2/c1-2-4-13(5-3-1)10-15-7-6-14(11-15)12-16-8-9-17-14/h1-5H,6-12H2. The number of rotatable bonds is 2. The predicted molar refractivity (Wildman–Crippen MR) is 65.8 cm³/mol. The van der Waals surface area contributed by atoms with Crippen LogP contribution in [0.1, 0.15) is 12.0 Å². The van der Waals surface area contributed by atoms with Crippen molar-refractivity contribution in [2.24, 2.45) is 0 Å². The summed E-state index contributed by atoms with van der Waals surface area (Å²) < 4.78 is 11.5. The van der Waals surface area contributed by atoms with Gasteiger partial charge in [0.2, 0.25) is 0 Å². The Morgan fingerprint density at radius 1 is 1.18 bits per heavy atom. The fourth-order valence-electron chi connectivity index (χ4n) is 2.76. The average molecular weight is 233 g/mol. The van der Waals surface area contributed by atoms with Crippen molar-refractivity contribution < 1.29 is 9.47 Å². The van der Waals surface area contributed by atoms with Crippen LogP contribution in [-0.2, 0) is 16.0 Å². The first-order valence-corrected chi connectivity index (χ1v) is 6.34. The van der Waals surface area contributed by atoms with Gasteiger partial charge in [-0.1, -0.05) is 30.3 Å². The molecule has 1 spiro atoms. The first-order chi connectivity index (χ1) is 8.36. The summed E-state index contributed by atoms with van der Waals surface area (Å²) in [5.74, 6) is 0. The monoisotopic (exact) mass is 233 g/mol. The highest BCUT2D eigenvalue weighted by Gasteiger charge is 2.40. The van der Waals surface area contributed by atoms with Crippen LogP contribution < -0.4 is 0 Å². The average Bonchev–Trinajstić information content (AvgIpc) is 2.74. The number of benzene rings is 1. The second-order valence-electron chi connectivity index (χ2n) is 5.03. The highest BCUT2D eigenvalue weighted by molar-refractivity contribution is 5.15. The van der Waals surface area contributed by atoms with Crippen molar-refractivity contribution >= 4 is 0 Å². The Hall–Kier alpha value is -0.900. The molecule has 3 rings (SSSR count). The molecule has 1 aromatic carbocycles. The Labute approximate surface area is 102 Å². The molecule has 2 aliphatic rings. The molecule has 2 saturated heterocycles. The molecule has 0 amide bonds. The molecular formula is C14H19NO2. The molecule has 2 heterocycles. The molecule has 1 aromatic rings. The Kier molecular flexibility index (Phi) is 3.14. The molecule has 0 bridgehead atoms. The lowest BCUT2D eigenvalue weighted by molar-refractivity contribution is -0.150. The molecule has 17 heavy (non-hydrogen) atoms. The van der Waals surface area contributed by atoms with E-state index in [4.69, 9.17) is 9.47 Å². The highest BCUT2D eigenvalue weighted by atomic mass is 16.6. The van der Waals surface area contributed by atoms with Crippen LogP contribution in [0.25, 0.3) is 0 Å². The lowest BCUT2D eigenvalue weighted by atomic mass is 10.0. The minimum atomic E-state index is -0.0208. The summed E-state index contributed by atoms with van der Waals surface area (Å²) in [4.78, 5) is 2.46. The second kappa shape index (κ2) is 4.77. The quantitative estimate of drug-likeness (QED) is 0.775. The SMILES string of the molecule is c1ccc(CN2CCC3(COCCO3)C2)cc1. The van der Waals surface area contributed by atoms with Gasteiger partial charge in [-0.3, -0.25) is 4.90 Å². The maximum Gasteiger partial charge on any atom is 0.105 e. The van der Waals surface area contributed by atoms with Crippen LogP contribution in [0.2, 0.25) is 0 Å². The van der Waals surface area contributed by atoms with E-state index < -0.39 is 0 Å². The number of hydrogen-bond acceptors (Lipinski definition) is 3. The van der Waals surface area contributed by atoms with Gasteiger partial charge in [0.15, 0.2) is 0 Å². The summed E-state index contributed by atoms with van der Waals surface area (Å²) in [7, 11) is 0. The molecule has 2 fully saturated rings. The molecule has 1 unspecified atom stereocenters. The fourth-order valence-corrected chi connectivity index (χ4v) is 2.76. The van der Waals surface area contributed by atoms with Crippen molar-refractivity contribution in [1.29, 1.82) is 0 Å². The first-order valence-electron chi connectivity index (χ1n) is 6.34. The van der Waals surface area contributed by atoms with Crippen LogP contribution in [0.4, 0.5) is 0 Å². The topological polar surface area (TPSA) is 21.7 Å². The smallest absolute Gasteiger partial charge is 0.105 e. The molecule has 2 aliphatic heterocycles. The molecule has 3 nitrogen and oxygen atoms in total. The minimum absolute atomic E-state index is 0.0208. The molecule has 0 aromatic heterocycles. The molecule has 0 radical (unpaired) electrons. The maximum atomic E-state index is 5.93. The van der Waals surface area contributed by atoms with E-state index in [9.17, 15) is 0 Å². The van der Waals surface area contributed by atoms with E-state index >= 15 is 0 Å². The lowest BCUT2D eigenvalue weighted by Crippen LogP contribution is -2.45. The lowest BCUT2D eigenvalue weighted by Gasteiger charge is -2.33. The Bertz CT molecular complexity index is 360. The van der Waals surface area contributed by atoms with Crippen LogP contribution in [0.15, 0.2) is 30.3 Å². The number of nitrogens with zero attached hydrogens (tertiary/aromatic N) is 1. The van der Waals surface area contributed by atoms with Crippen LogP contribution in [0, 0.1) is 0 Å². The van der Waals surface area contributed by atoms with Gasteiger partial charge < -0.3 is 9.47 Å². The summed E-state index contributed by atoms with van der Waals surface area (Å²) in [6.07, 6.45) is 1.10.